The highest BCUT2D eigenvalue weighted by Gasteiger charge is 2.24. The van der Waals surface area contributed by atoms with Crippen molar-refractivity contribution in [2.45, 2.75) is 25.8 Å². The zero-order valence-corrected chi connectivity index (χ0v) is 10.4. The Labute approximate surface area is 99.5 Å². The van der Waals surface area contributed by atoms with E-state index in [0.717, 1.165) is 0 Å². The molecule has 0 heterocycles. The van der Waals surface area contributed by atoms with Crippen LogP contribution in [0.25, 0.3) is 0 Å². The summed E-state index contributed by atoms with van der Waals surface area (Å²) >= 11 is 0. The summed E-state index contributed by atoms with van der Waals surface area (Å²) in [6, 6.07) is 1.18. The van der Waals surface area contributed by atoms with Gasteiger partial charge in [0.25, 0.3) is 0 Å². The van der Waals surface area contributed by atoms with Crippen LogP contribution < -0.4 is 15.2 Å². The average Bonchev–Trinajstić information content (AvgIpc) is 2.23. The summed E-state index contributed by atoms with van der Waals surface area (Å²) in [5.74, 6) is -1.57. The van der Waals surface area contributed by atoms with E-state index in [1.54, 1.807) is 13.8 Å². The van der Waals surface area contributed by atoms with Gasteiger partial charge in [0.15, 0.2) is 23.1 Å². The van der Waals surface area contributed by atoms with Gasteiger partial charge in [-0.05, 0) is 20.3 Å². The zero-order valence-electron chi connectivity index (χ0n) is 10.4. The van der Waals surface area contributed by atoms with Crippen molar-refractivity contribution in [3.63, 3.8) is 0 Å². The van der Waals surface area contributed by atoms with Crippen molar-refractivity contribution in [3.8, 4) is 11.5 Å². The monoisotopic (exact) mass is 245 g/mol. The maximum atomic E-state index is 13.9. The smallest absolute Gasteiger partial charge is 0.171 e. The normalized spacial score (nSPS) is 11.5. The summed E-state index contributed by atoms with van der Waals surface area (Å²) in [4.78, 5) is 0. The van der Waals surface area contributed by atoms with Crippen LogP contribution >= 0.6 is 0 Å². The second-order valence-electron chi connectivity index (χ2n) is 4.55. The Morgan fingerprint density at radius 3 is 1.82 bits per heavy atom. The van der Waals surface area contributed by atoms with Crippen LogP contribution in [-0.4, -0.2) is 19.8 Å². The molecule has 0 spiro atoms. The summed E-state index contributed by atoms with van der Waals surface area (Å²) in [7, 11) is 2.63. The van der Waals surface area contributed by atoms with Gasteiger partial charge in [-0.15, -0.1) is 0 Å². The fourth-order valence-electron chi connectivity index (χ4n) is 1.55. The molecule has 0 atom stereocenters. The van der Waals surface area contributed by atoms with Gasteiger partial charge in [-0.2, -0.15) is 0 Å². The minimum atomic E-state index is -0.732. The molecule has 0 aliphatic carbocycles. The predicted octanol–water partition coefficient (Wildman–Crippen LogP) is 2.26. The Morgan fingerprint density at radius 1 is 1.12 bits per heavy atom. The summed E-state index contributed by atoms with van der Waals surface area (Å²) in [5, 5.41) is 0. The van der Waals surface area contributed by atoms with Crippen LogP contribution in [0.4, 0.5) is 8.78 Å². The SMILES string of the molecule is COc1cc(OC)c(F)c(CC(C)(C)N)c1F. The molecule has 0 saturated heterocycles. The molecule has 0 fully saturated rings. The fraction of sp³-hybridized carbons (Fsp3) is 0.500. The van der Waals surface area contributed by atoms with Crippen molar-refractivity contribution < 1.29 is 18.3 Å². The number of methoxy groups -OCH3 is 2. The van der Waals surface area contributed by atoms with Crippen LogP contribution in [0.5, 0.6) is 11.5 Å². The lowest BCUT2D eigenvalue weighted by Crippen LogP contribution is -2.35. The van der Waals surface area contributed by atoms with E-state index in [-0.39, 0.29) is 23.5 Å². The Balaban J connectivity index is 3.35. The lowest BCUT2D eigenvalue weighted by molar-refractivity contribution is 0.349. The first kappa shape index (κ1) is 13.7. The highest BCUT2D eigenvalue weighted by Crippen LogP contribution is 2.32. The zero-order chi connectivity index (χ0) is 13.2. The lowest BCUT2D eigenvalue weighted by Gasteiger charge is -2.20. The van der Waals surface area contributed by atoms with Gasteiger partial charge in [-0.3, -0.25) is 0 Å². The molecule has 1 aromatic rings. The molecule has 3 nitrogen and oxygen atoms in total. The lowest BCUT2D eigenvalue weighted by atomic mass is 9.95. The van der Waals surface area contributed by atoms with Gasteiger partial charge in [-0.1, -0.05) is 0 Å². The van der Waals surface area contributed by atoms with Gasteiger partial charge < -0.3 is 15.2 Å². The topological polar surface area (TPSA) is 44.5 Å². The number of nitrogens with two attached hydrogens (primary N) is 1. The molecular formula is C12H17F2NO2. The molecular weight excluding hydrogens is 228 g/mol. The fourth-order valence-corrected chi connectivity index (χ4v) is 1.55. The van der Waals surface area contributed by atoms with Crippen LogP contribution in [0.2, 0.25) is 0 Å². The van der Waals surface area contributed by atoms with E-state index < -0.39 is 17.2 Å². The van der Waals surface area contributed by atoms with Crippen LogP contribution in [-0.2, 0) is 6.42 Å². The standard InChI is InChI=1S/C12H17F2NO2/c1-12(2,15)6-7-10(13)8(16-3)5-9(17-4)11(7)14/h5H,6,15H2,1-4H3. The average molecular weight is 245 g/mol. The molecule has 0 unspecified atom stereocenters. The first-order chi connectivity index (χ1) is 7.80. The largest absolute Gasteiger partial charge is 0.494 e. The summed E-state index contributed by atoms with van der Waals surface area (Å²) in [6.45, 7) is 3.38. The van der Waals surface area contributed by atoms with Crippen LogP contribution in [0.1, 0.15) is 19.4 Å². The molecule has 0 bridgehead atoms. The first-order valence-electron chi connectivity index (χ1n) is 5.18. The molecule has 2 N–H and O–H groups in total. The second-order valence-corrected chi connectivity index (χ2v) is 4.55. The van der Waals surface area contributed by atoms with Crippen LogP contribution in [0, 0.1) is 11.6 Å². The maximum absolute atomic E-state index is 13.9. The number of benzene rings is 1. The quantitative estimate of drug-likeness (QED) is 0.885. The third-order valence-electron chi connectivity index (χ3n) is 2.30. The van der Waals surface area contributed by atoms with Crippen molar-refractivity contribution >= 4 is 0 Å². The number of ether oxygens (including phenoxy) is 2. The number of rotatable bonds is 4. The van der Waals surface area contributed by atoms with Crippen molar-refractivity contribution in [2.75, 3.05) is 14.2 Å². The molecule has 0 aliphatic rings. The van der Waals surface area contributed by atoms with Gasteiger partial charge >= 0.3 is 0 Å². The number of hydrogen-bond donors (Lipinski definition) is 1. The molecule has 1 rings (SSSR count). The molecule has 0 aromatic heterocycles. The number of halogens is 2. The minimum Gasteiger partial charge on any atom is -0.494 e. The third-order valence-corrected chi connectivity index (χ3v) is 2.30. The molecule has 0 amide bonds. The summed E-state index contributed by atoms with van der Waals surface area (Å²) in [5.41, 5.74) is 4.93. The molecule has 0 saturated carbocycles. The third kappa shape index (κ3) is 3.06. The molecule has 5 heteroatoms. The second kappa shape index (κ2) is 4.87. The Hall–Kier alpha value is -1.36. The van der Waals surface area contributed by atoms with E-state index in [9.17, 15) is 8.78 Å². The van der Waals surface area contributed by atoms with Crippen LogP contribution in [0.3, 0.4) is 0 Å². The van der Waals surface area contributed by atoms with E-state index in [2.05, 4.69) is 0 Å². The van der Waals surface area contributed by atoms with E-state index in [1.165, 1.54) is 20.3 Å². The maximum Gasteiger partial charge on any atom is 0.171 e. The minimum absolute atomic E-state index is 0.0532. The molecule has 0 radical (unpaired) electrons. The van der Waals surface area contributed by atoms with Gasteiger partial charge in [0, 0.05) is 17.2 Å². The van der Waals surface area contributed by atoms with Gasteiger partial charge in [0.2, 0.25) is 0 Å². The van der Waals surface area contributed by atoms with Gasteiger partial charge in [-0.25, -0.2) is 8.78 Å². The van der Waals surface area contributed by atoms with E-state index >= 15 is 0 Å². The van der Waals surface area contributed by atoms with Crippen molar-refractivity contribution in [1.82, 2.24) is 0 Å². The van der Waals surface area contributed by atoms with Gasteiger partial charge in [0.1, 0.15) is 0 Å². The first-order valence-corrected chi connectivity index (χ1v) is 5.18. The van der Waals surface area contributed by atoms with E-state index in [4.69, 9.17) is 15.2 Å². The number of hydrogen-bond acceptors (Lipinski definition) is 3. The summed E-state index contributed by atoms with van der Waals surface area (Å²) in [6.07, 6.45) is 0.0538. The molecule has 96 valence electrons. The van der Waals surface area contributed by atoms with E-state index in [1.807, 2.05) is 0 Å². The molecule has 17 heavy (non-hydrogen) atoms. The Kier molecular flexibility index (Phi) is 3.93. The molecule has 1 aromatic carbocycles. The van der Waals surface area contributed by atoms with Crippen LogP contribution in [0.15, 0.2) is 6.07 Å². The Bertz CT molecular complexity index is 386. The highest BCUT2D eigenvalue weighted by molar-refractivity contribution is 5.42. The van der Waals surface area contributed by atoms with Crippen molar-refractivity contribution in [1.29, 1.82) is 0 Å². The predicted molar refractivity (Wildman–Crippen MR) is 61.4 cm³/mol. The van der Waals surface area contributed by atoms with Crippen molar-refractivity contribution in [3.05, 3.63) is 23.3 Å². The highest BCUT2D eigenvalue weighted by atomic mass is 19.1. The van der Waals surface area contributed by atoms with Crippen molar-refractivity contribution in [2.24, 2.45) is 5.73 Å². The Morgan fingerprint density at radius 2 is 1.53 bits per heavy atom. The van der Waals surface area contributed by atoms with E-state index in [0.29, 0.717) is 0 Å². The summed E-state index contributed by atoms with van der Waals surface area (Å²) < 4.78 is 37.5. The van der Waals surface area contributed by atoms with Gasteiger partial charge in [0.05, 0.1) is 14.2 Å². The molecule has 0 aliphatic heterocycles.